The van der Waals surface area contributed by atoms with Crippen LogP contribution in [0.3, 0.4) is 0 Å². The van der Waals surface area contributed by atoms with Gasteiger partial charge in [0.15, 0.2) is 5.76 Å². The number of hydrogen-bond donors (Lipinski definition) is 1. The Morgan fingerprint density at radius 3 is 2.75 bits per heavy atom. The minimum atomic E-state index is -0.232. The number of pyridine rings is 1. The highest BCUT2D eigenvalue weighted by Gasteiger charge is 2.29. The maximum atomic E-state index is 12.5. The van der Waals surface area contributed by atoms with Gasteiger partial charge in [-0.05, 0) is 48.9 Å². The van der Waals surface area contributed by atoms with Crippen molar-refractivity contribution >= 4 is 5.91 Å². The molecule has 1 unspecified atom stereocenters. The number of rotatable bonds is 6. The Kier molecular flexibility index (Phi) is 5.60. The van der Waals surface area contributed by atoms with Crippen LogP contribution in [0.4, 0.5) is 0 Å². The molecule has 6 heteroatoms. The molecular weight excluding hydrogens is 400 g/mol. The number of carbonyl (C=O) groups excluding carboxylic acids is 1. The van der Waals surface area contributed by atoms with E-state index >= 15 is 0 Å². The molecule has 0 saturated carbocycles. The van der Waals surface area contributed by atoms with Crippen LogP contribution in [0.2, 0.25) is 0 Å². The van der Waals surface area contributed by atoms with Crippen LogP contribution in [0, 0.1) is 6.92 Å². The first-order valence-electron chi connectivity index (χ1n) is 10.9. The molecule has 4 heterocycles. The van der Waals surface area contributed by atoms with Crippen LogP contribution in [-0.4, -0.2) is 26.9 Å². The number of nitrogens with zero attached hydrogens (tertiary/aromatic N) is 3. The Hall–Kier alpha value is -3.64. The molecule has 0 fully saturated rings. The Balaban J connectivity index is 1.31. The van der Waals surface area contributed by atoms with Gasteiger partial charge in [0.2, 0.25) is 0 Å². The van der Waals surface area contributed by atoms with E-state index in [1.807, 2.05) is 24.3 Å². The number of hydrogen-bond acceptors (Lipinski definition) is 4. The Bertz CT molecular complexity index is 1190. The Morgan fingerprint density at radius 2 is 1.94 bits per heavy atom. The molecule has 162 valence electrons. The summed E-state index contributed by atoms with van der Waals surface area (Å²) >= 11 is 0. The van der Waals surface area contributed by atoms with E-state index in [0.29, 0.717) is 18.8 Å². The third-order valence-corrected chi connectivity index (χ3v) is 5.93. The van der Waals surface area contributed by atoms with Gasteiger partial charge in [-0.15, -0.1) is 0 Å². The lowest BCUT2D eigenvalue weighted by Gasteiger charge is -2.37. The van der Waals surface area contributed by atoms with Crippen molar-refractivity contribution in [3.8, 4) is 0 Å². The van der Waals surface area contributed by atoms with E-state index < -0.39 is 0 Å². The van der Waals surface area contributed by atoms with Crippen molar-refractivity contribution in [2.24, 2.45) is 0 Å². The van der Waals surface area contributed by atoms with Gasteiger partial charge in [0.25, 0.3) is 5.91 Å². The van der Waals surface area contributed by atoms with Gasteiger partial charge < -0.3 is 14.3 Å². The maximum absolute atomic E-state index is 12.5. The monoisotopic (exact) mass is 426 g/mol. The fourth-order valence-corrected chi connectivity index (χ4v) is 4.28. The summed E-state index contributed by atoms with van der Waals surface area (Å²) in [6.07, 6.45) is 3.86. The second-order valence-electron chi connectivity index (χ2n) is 8.18. The summed E-state index contributed by atoms with van der Waals surface area (Å²) < 4.78 is 8.25. The molecule has 1 aliphatic rings. The van der Waals surface area contributed by atoms with Gasteiger partial charge in [0, 0.05) is 31.2 Å². The van der Waals surface area contributed by atoms with Crippen LogP contribution in [-0.2, 0) is 19.6 Å². The van der Waals surface area contributed by atoms with E-state index in [0.717, 1.165) is 24.5 Å². The van der Waals surface area contributed by atoms with E-state index in [9.17, 15) is 4.79 Å². The average molecular weight is 427 g/mol. The summed E-state index contributed by atoms with van der Waals surface area (Å²) in [5, 5.41) is 2.87. The molecule has 4 aromatic rings. The lowest BCUT2D eigenvalue weighted by Crippen LogP contribution is -2.37. The number of amides is 1. The largest absolute Gasteiger partial charge is 0.455 e. The predicted octanol–water partition coefficient (Wildman–Crippen LogP) is 4.32. The molecule has 1 atom stereocenters. The molecule has 1 aliphatic heterocycles. The van der Waals surface area contributed by atoms with Crippen LogP contribution < -0.4 is 5.32 Å². The lowest BCUT2D eigenvalue weighted by atomic mass is 9.99. The van der Waals surface area contributed by atoms with E-state index in [1.54, 1.807) is 12.3 Å². The zero-order valence-electron chi connectivity index (χ0n) is 18.1. The maximum Gasteiger partial charge on any atom is 0.287 e. The highest BCUT2D eigenvalue weighted by molar-refractivity contribution is 5.91. The van der Waals surface area contributed by atoms with Gasteiger partial charge >= 0.3 is 0 Å². The fraction of sp³-hybridized carbons (Fsp3) is 0.231. The van der Waals surface area contributed by atoms with Crippen molar-refractivity contribution in [1.82, 2.24) is 19.8 Å². The normalized spacial score (nSPS) is 16.0. The molecule has 0 radical (unpaired) electrons. The molecule has 6 nitrogen and oxygen atoms in total. The van der Waals surface area contributed by atoms with Gasteiger partial charge in [0.05, 0.1) is 24.8 Å². The van der Waals surface area contributed by atoms with Crippen molar-refractivity contribution in [2.45, 2.75) is 32.6 Å². The number of aryl methyl sites for hydroxylation is 1. The number of nitrogens with one attached hydrogen (secondary N) is 1. The fourth-order valence-electron chi connectivity index (χ4n) is 4.28. The second kappa shape index (κ2) is 8.85. The summed E-state index contributed by atoms with van der Waals surface area (Å²) in [7, 11) is 0. The van der Waals surface area contributed by atoms with Crippen LogP contribution in [0.5, 0.6) is 0 Å². The van der Waals surface area contributed by atoms with Gasteiger partial charge in [-0.25, -0.2) is 0 Å². The topological polar surface area (TPSA) is 63.3 Å². The Morgan fingerprint density at radius 1 is 1.06 bits per heavy atom. The summed E-state index contributed by atoms with van der Waals surface area (Å²) in [4.78, 5) is 19.2. The standard InChI is InChI=1S/C26H26N4O2/c1-19-7-9-20(10-8-19)25-23-6-4-14-29(23)15-16-30(25)18-22-11-12-24(32-22)26(31)28-17-21-5-2-3-13-27-21/h2-14,25H,15-18H2,1H3,(H,28,31). The third kappa shape index (κ3) is 4.22. The molecule has 1 amide bonds. The number of carbonyl (C=O) groups is 1. The number of aromatic nitrogens is 2. The van der Waals surface area contributed by atoms with Crippen LogP contribution in [0.25, 0.3) is 0 Å². The Labute approximate surface area is 187 Å². The van der Waals surface area contributed by atoms with E-state index in [1.165, 1.54) is 16.8 Å². The molecule has 32 heavy (non-hydrogen) atoms. The van der Waals surface area contributed by atoms with Crippen molar-refractivity contribution in [3.63, 3.8) is 0 Å². The molecule has 0 spiro atoms. The van der Waals surface area contributed by atoms with Crippen LogP contribution in [0.15, 0.2) is 83.5 Å². The first kappa shape index (κ1) is 20.3. The van der Waals surface area contributed by atoms with E-state index in [2.05, 4.69) is 69.3 Å². The summed E-state index contributed by atoms with van der Waals surface area (Å²) in [6.45, 7) is 4.95. The van der Waals surface area contributed by atoms with Crippen molar-refractivity contribution in [1.29, 1.82) is 0 Å². The first-order chi connectivity index (χ1) is 15.7. The highest BCUT2D eigenvalue weighted by atomic mass is 16.4. The molecule has 0 aliphatic carbocycles. The quantitative estimate of drug-likeness (QED) is 0.499. The molecule has 0 saturated heterocycles. The smallest absolute Gasteiger partial charge is 0.287 e. The number of fused-ring (bicyclic) bond motifs is 1. The second-order valence-corrected chi connectivity index (χ2v) is 8.18. The van der Waals surface area contributed by atoms with Crippen molar-refractivity contribution < 1.29 is 9.21 Å². The molecule has 1 N–H and O–H groups in total. The summed E-state index contributed by atoms with van der Waals surface area (Å²) in [6, 6.07) is 22.4. The lowest BCUT2D eigenvalue weighted by molar-refractivity contribution is 0.0916. The molecular formula is C26H26N4O2. The minimum Gasteiger partial charge on any atom is -0.455 e. The number of benzene rings is 1. The molecule has 1 aromatic carbocycles. The van der Waals surface area contributed by atoms with Crippen molar-refractivity contribution in [3.05, 3.63) is 113 Å². The first-order valence-corrected chi connectivity index (χ1v) is 10.9. The van der Waals surface area contributed by atoms with Gasteiger partial charge in [0.1, 0.15) is 5.76 Å². The highest BCUT2D eigenvalue weighted by Crippen LogP contribution is 2.33. The summed E-state index contributed by atoms with van der Waals surface area (Å²) in [5.74, 6) is 0.873. The average Bonchev–Trinajstić information content (AvgIpc) is 3.49. The zero-order chi connectivity index (χ0) is 21.9. The van der Waals surface area contributed by atoms with E-state index in [-0.39, 0.29) is 11.9 Å². The van der Waals surface area contributed by atoms with E-state index in [4.69, 9.17) is 4.42 Å². The van der Waals surface area contributed by atoms with Gasteiger partial charge in [-0.1, -0.05) is 35.9 Å². The third-order valence-electron chi connectivity index (χ3n) is 5.93. The number of furan rings is 1. The van der Waals surface area contributed by atoms with Gasteiger partial charge in [-0.3, -0.25) is 14.7 Å². The van der Waals surface area contributed by atoms with Crippen LogP contribution >= 0.6 is 0 Å². The minimum absolute atomic E-state index is 0.144. The zero-order valence-corrected chi connectivity index (χ0v) is 18.1. The van der Waals surface area contributed by atoms with Crippen LogP contribution in [0.1, 0.15) is 44.9 Å². The summed E-state index contributed by atoms with van der Waals surface area (Å²) in [5.41, 5.74) is 4.60. The van der Waals surface area contributed by atoms with Crippen molar-refractivity contribution in [2.75, 3.05) is 6.54 Å². The van der Waals surface area contributed by atoms with Gasteiger partial charge in [-0.2, -0.15) is 0 Å². The SMILES string of the molecule is Cc1ccc(C2c3cccn3CCN2Cc2ccc(C(=O)NCc3ccccn3)o2)cc1. The predicted molar refractivity (Wildman–Crippen MR) is 122 cm³/mol. The molecule has 0 bridgehead atoms. The molecule has 5 rings (SSSR count). The molecule has 3 aromatic heterocycles.